The van der Waals surface area contributed by atoms with Gasteiger partial charge in [-0.3, -0.25) is 9.59 Å². The van der Waals surface area contributed by atoms with Crippen LogP contribution in [0.25, 0.3) is 0 Å². The lowest BCUT2D eigenvalue weighted by atomic mass is 10.4. The molecule has 2 amide bonds. The summed E-state index contributed by atoms with van der Waals surface area (Å²) < 4.78 is 0.658. The lowest BCUT2D eigenvalue weighted by molar-refractivity contribution is -0.133. The van der Waals surface area contributed by atoms with Crippen molar-refractivity contribution < 1.29 is 9.59 Å². The number of rotatable bonds is 4. The number of carbonyl (C=O) groups excluding carboxylic acids is 2. The fourth-order valence-corrected chi connectivity index (χ4v) is 2.04. The van der Waals surface area contributed by atoms with Crippen molar-refractivity contribution in [3.05, 3.63) is 22.8 Å². The Morgan fingerprint density at radius 2 is 2.22 bits per heavy atom. The van der Waals surface area contributed by atoms with Gasteiger partial charge in [0.15, 0.2) is 0 Å². The first-order valence-corrected chi connectivity index (χ1v) is 6.55. The van der Waals surface area contributed by atoms with Gasteiger partial charge in [-0.05, 0) is 40.9 Å². The van der Waals surface area contributed by atoms with Crippen molar-refractivity contribution in [2.75, 3.05) is 11.9 Å². The summed E-state index contributed by atoms with van der Waals surface area (Å²) in [5, 5.41) is 2.68. The van der Waals surface area contributed by atoms with E-state index in [1.165, 1.54) is 6.92 Å². The molecular weight excluding hydrogens is 298 g/mol. The van der Waals surface area contributed by atoms with Crippen molar-refractivity contribution in [1.82, 2.24) is 9.88 Å². The van der Waals surface area contributed by atoms with Crippen LogP contribution in [0, 0.1) is 0 Å². The second kappa shape index (κ2) is 5.48. The van der Waals surface area contributed by atoms with E-state index in [1.807, 2.05) is 0 Å². The molecule has 0 aliphatic heterocycles. The van der Waals surface area contributed by atoms with Crippen molar-refractivity contribution in [1.29, 1.82) is 0 Å². The Bertz CT molecular complexity index is 474. The monoisotopic (exact) mass is 311 g/mol. The zero-order valence-electron chi connectivity index (χ0n) is 10.0. The zero-order valence-corrected chi connectivity index (χ0v) is 11.6. The molecule has 0 radical (unpaired) electrons. The van der Waals surface area contributed by atoms with Crippen molar-refractivity contribution in [2.45, 2.75) is 25.8 Å². The van der Waals surface area contributed by atoms with Crippen LogP contribution in [-0.2, 0) is 9.59 Å². The Balaban J connectivity index is 1.93. The number of aromatic nitrogens is 1. The Hall–Kier alpha value is -1.43. The smallest absolute Gasteiger partial charge is 0.245 e. The molecule has 1 aliphatic rings. The van der Waals surface area contributed by atoms with E-state index in [1.54, 1.807) is 23.1 Å². The van der Waals surface area contributed by atoms with E-state index < -0.39 is 0 Å². The highest BCUT2D eigenvalue weighted by molar-refractivity contribution is 9.10. The molecule has 0 bridgehead atoms. The molecule has 1 saturated carbocycles. The maximum Gasteiger partial charge on any atom is 0.245 e. The normalized spacial score (nSPS) is 14.1. The maximum atomic E-state index is 11.8. The molecule has 0 spiro atoms. The highest BCUT2D eigenvalue weighted by atomic mass is 79.9. The Morgan fingerprint density at radius 3 is 2.78 bits per heavy atom. The van der Waals surface area contributed by atoms with Crippen molar-refractivity contribution in [3.63, 3.8) is 0 Å². The quantitative estimate of drug-likeness (QED) is 0.862. The molecule has 5 nitrogen and oxygen atoms in total. The van der Waals surface area contributed by atoms with Crippen LogP contribution in [0.15, 0.2) is 22.8 Å². The molecule has 6 heteroatoms. The van der Waals surface area contributed by atoms with Crippen LogP contribution in [0.5, 0.6) is 0 Å². The van der Waals surface area contributed by atoms with E-state index >= 15 is 0 Å². The van der Waals surface area contributed by atoms with Crippen LogP contribution >= 0.6 is 15.9 Å². The molecule has 1 fully saturated rings. The van der Waals surface area contributed by atoms with Gasteiger partial charge in [0.05, 0.1) is 0 Å². The second-order valence-electron chi connectivity index (χ2n) is 4.27. The minimum atomic E-state index is -0.220. The fraction of sp³-hybridized carbons (Fsp3) is 0.417. The minimum absolute atomic E-state index is 0.0603. The zero-order chi connectivity index (χ0) is 13.1. The topological polar surface area (TPSA) is 62.3 Å². The van der Waals surface area contributed by atoms with E-state index in [0.717, 1.165) is 12.8 Å². The third kappa shape index (κ3) is 3.53. The van der Waals surface area contributed by atoms with Crippen LogP contribution in [-0.4, -0.2) is 34.3 Å². The highest BCUT2D eigenvalue weighted by Crippen LogP contribution is 2.26. The lowest BCUT2D eigenvalue weighted by Crippen LogP contribution is -2.38. The molecule has 96 valence electrons. The van der Waals surface area contributed by atoms with Crippen LogP contribution in [0.3, 0.4) is 0 Å². The molecule has 0 aromatic carbocycles. The summed E-state index contributed by atoms with van der Waals surface area (Å²) in [6, 6.07) is 5.51. The third-order valence-electron chi connectivity index (χ3n) is 2.69. The van der Waals surface area contributed by atoms with Gasteiger partial charge in [-0.25, -0.2) is 4.98 Å². The molecule has 0 saturated heterocycles. The van der Waals surface area contributed by atoms with E-state index in [-0.39, 0.29) is 24.4 Å². The fourth-order valence-electron chi connectivity index (χ4n) is 1.70. The van der Waals surface area contributed by atoms with Crippen molar-refractivity contribution in [3.8, 4) is 0 Å². The van der Waals surface area contributed by atoms with Gasteiger partial charge in [0.1, 0.15) is 17.0 Å². The van der Waals surface area contributed by atoms with Crippen molar-refractivity contribution in [2.24, 2.45) is 0 Å². The molecule has 0 unspecified atom stereocenters. The van der Waals surface area contributed by atoms with E-state index in [4.69, 9.17) is 0 Å². The number of hydrogen-bond donors (Lipinski definition) is 1. The number of amides is 2. The van der Waals surface area contributed by atoms with Gasteiger partial charge in [0.2, 0.25) is 11.8 Å². The SMILES string of the molecule is CC(=O)N(CC(=O)Nc1cccc(Br)n1)C1CC1. The number of pyridine rings is 1. The van der Waals surface area contributed by atoms with Crippen LogP contribution in [0.1, 0.15) is 19.8 Å². The van der Waals surface area contributed by atoms with Crippen LogP contribution in [0.2, 0.25) is 0 Å². The Morgan fingerprint density at radius 1 is 1.50 bits per heavy atom. The largest absolute Gasteiger partial charge is 0.331 e. The van der Waals surface area contributed by atoms with E-state index in [0.29, 0.717) is 10.4 Å². The number of nitrogens with zero attached hydrogens (tertiary/aromatic N) is 2. The summed E-state index contributed by atoms with van der Waals surface area (Å²) >= 11 is 3.23. The lowest BCUT2D eigenvalue weighted by Gasteiger charge is -2.19. The average molecular weight is 312 g/mol. The molecule has 1 aromatic rings. The molecule has 1 N–H and O–H groups in total. The van der Waals surface area contributed by atoms with Gasteiger partial charge < -0.3 is 10.2 Å². The summed E-state index contributed by atoms with van der Waals surface area (Å²) in [6.07, 6.45) is 1.98. The Kier molecular flexibility index (Phi) is 3.96. The van der Waals surface area contributed by atoms with Gasteiger partial charge in [0.25, 0.3) is 0 Å². The third-order valence-corrected chi connectivity index (χ3v) is 3.13. The number of carbonyl (C=O) groups is 2. The van der Waals surface area contributed by atoms with Crippen LogP contribution < -0.4 is 5.32 Å². The summed E-state index contributed by atoms with van der Waals surface area (Å²) in [5.74, 6) is 0.200. The predicted molar refractivity (Wildman–Crippen MR) is 71.0 cm³/mol. The van der Waals surface area contributed by atoms with Gasteiger partial charge in [-0.2, -0.15) is 0 Å². The summed E-state index contributed by atoms with van der Waals surface area (Å²) in [5.41, 5.74) is 0. The second-order valence-corrected chi connectivity index (χ2v) is 5.08. The number of hydrogen-bond acceptors (Lipinski definition) is 3. The average Bonchev–Trinajstić information content (AvgIpc) is 3.09. The summed E-state index contributed by atoms with van der Waals surface area (Å²) in [7, 11) is 0. The van der Waals surface area contributed by atoms with E-state index in [2.05, 4.69) is 26.2 Å². The first-order chi connectivity index (χ1) is 8.56. The van der Waals surface area contributed by atoms with Crippen LogP contribution in [0.4, 0.5) is 5.82 Å². The summed E-state index contributed by atoms with van der Waals surface area (Å²) in [4.78, 5) is 28.9. The molecular formula is C12H14BrN3O2. The summed E-state index contributed by atoms with van der Waals surface area (Å²) in [6.45, 7) is 1.58. The van der Waals surface area contributed by atoms with Crippen molar-refractivity contribution >= 4 is 33.6 Å². The molecule has 2 rings (SSSR count). The minimum Gasteiger partial charge on any atom is -0.331 e. The first-order valence-electron chi connectivity index (χ1n) is 5.76. The van der Waals surface area contributed by atoms with Gasteiger partial charge in [-0.15, -0.1) is 0 Å². The highest BCUT2D eigenvalue weighted by Gasteiger charge is 2.32. The first kappa shape index (κ1) is 13.0. The predicted octanol–water partition coefficient (Wildman–Crippen LogP) is 1.79. The van der Waals surface area contributed by atoms with Gasteiger partial charge in [-0.1, -0.05) is 6.07 Å². The number of halogens is 1. The molecule has 0 atom stereocenters. The van der Waals surface area contributed by atoms with Gasteiger partial charge in [0, 0.05) is 13.0 Å². The van der Waals surface area contributed by atoms with Gasteiger partial charge >= 0.3 is 0 Å². The molecule has 1 heterocycles. The Labute approximate surface area is 114 Å². The molecule has 1 aliphatic carbocycles. The standard InChI is InChI=1S/C12H14BrN3O2/c1-8(17)16(9-5-6-9)7-12(18)15-11-4-2-3-10(13)14-11/h2-4,9H,5-7H2,1H3,(H,14,15,18). The molecule has 18 heavy (non-hydrogen) atoms. The number of anilines is 1. The number of nitrogens with one attached hydrogen (secondary N) is 1. The van der Waals surface area contributed by atoms with E-state index in [9.17, 15) is 9.59 Å². The molecule has 1 aromatic heterocycles. The maximum absolute atomic E-state index is 11.8.